The zero-order valence-electron chi connectivity index (χ0n) is 13.9. The minimum atomic E-state index is -1.02. The lowest BCUT2D eigenvalue weighted by Gasteiger charge is -2.23. The number of aliphatic hydroxyl groups is 1. The van der Waals surface area contributed by atoms with E-state index in [1.165, 1.54) is 4.90 Å². The predicted molar refractivity (Wildman–Crippen MR) is 92.8 cm³/mol. The Balaban J connectivity index is 1.60. The quantitative estimate of drug-likeness (QED) is 0.635. The Morgan fingerprint density at radius 2 is 2.16 bits per heavy atom. The lowest BCUT2D eigenvalue weighted by molar-refractivity contribution is 0.0266. The molecule has 1 aliphatic carbocycles. The summed E-state index contributed by atoms with van der Waals surface area (Å²) in [6, 6.07) is 5.18. The Morgan fingerprint density at radius 3 is 2.88 bits per heavy atom. The summed E-state index contributed by atoms with van der Waals surface area (Å²) in [5.41, 5.74) is 2.39. The molecule has 128 valence electrons. The first-order valence-corrected chi connectivity index (χ1v) is 8.01. The molecule has 3 aromatic rings. The topological polar surface area (TPSA) is 107 Å². The lowest BCUT2D eigenvalue weighted by atomic mass is 10.1. The largest absolute Gasteiger partial charge is 0.371 e. The number of hydrogen-bond acceptors (Lipinski definition) is 5. The number of pyridine rings is 2. The van der Waals surface area contributed by atoms with Crippen LogP contribution in [-0.2, 0) is 0 Å². The molecule has 1 saturated carbocycles. The molecule has 0 spiro atoms. The van der Waals surface area contributed by atoms with Crippen LogP contribution >= 0.6 is 0 Å². The van der Waals surface area contributed by atoms with Crippen LogP contribution in [0.2, 0.25) is 0 Å². The number of aromatic amines is 1. The molecule has 0 saturated heterocycles. The number of amides is 2. The first kappa shape index (κ1) is 15.5. The number of nitrogens with one attached hydrogen (secondary N) is 2. The van der Waals surface area contributed by atoms with Crippen LogP contribution in [0.3, 0.4) is 0 Å². The second kappa shape index (κ2) is 5.52. The van der Waals surface area contributed by atoms with E-state index >= 15 is 0 Å². The van der Waals surface area contributed by atoms with Crippen molar-refractivity contribution in [1.29, 1.82) is 0 Å². The maximum Gasteiger partial charge on any atom is 0.325 e. The first-order chi connectivity index (χ1) is 12.0. The minimum absolute atomic E-state index is 0.392. The maximum atomic E-state index is 12.2. The van der Waals surface area contributed by atoms with E-state index in [2.05, 4.69) is 25.5 Å². The lowest BCUT2D eigenvalue weighted by Crippen LogP contribution is -2.41. The van der Waals surface area contributed by atoms with Gasteiger partial charge in [0.05, 0.1) is 5.52 Å². The minimum Gasteiger partial charge on any atom is -0.371 e. The fraction of sp³-hybridized carbons (Fsp3) is 0.294. The number of hydrogen-bond donors (Lipinski definition) is 3. The first-order valence-electron chi connectivity index (χ1n) is 8.01. The summed E-state index contributed by atoms with van der Waals surface area (Å²) in [4.78, 5) is 22.0. The summed E-state index contributed by atoms with van der Waals surface area (Å²) in [5.74, 6) is 0.398. The molecule has 8 heteroatoms. The molecule has 3 heterocycles. The second-order valence-electron chi connectivity index (χ2n) is 6.34. The molecule has 25 heavy (non-hydrogen) atoms. The summed E-state index contributed by atoms with van der Waals surface area (Å²) in [7, 11) is 1.57. The third kappa shape index (κ3) is 2.80. The van der Waals surface area contributed by atoms with Crippen LogP contribution in [-0.4, -0.2) is 49.0 Å². The number of aryl methyl sites for hydroxylation is 1. The van der Waals surface area contributed by atoms with Gasteiger partial charge in [0.15, 0.2) is 0 Å². The van der Waals surface area contributed by atoms with Crippen molar-refractivity contribution < 1.29 is 9.90 Å². The normalized spacial score (nSPS) is 15.2. The van der Waals surface area contributed by atoms with Gasteiger partial charge in [-0.15, -0.1) is 0 Å². The smallest absolute Gasteiger partial charge is 0.325 e. The Labute approximate surface area is 143 Å². The van der Waals surface area contributed by atoms with Crippen LogP contribution in [0, 0.1) is 6.92 Å². The van der Waals surface area contributed by atoms with Gasteiger partial charge in [0.1, 0.15) is 17.2 Å². The molecule has 0 aliphatic heterocycles. The van der Waals surface area contributed by atoms with Crippen LogP contribution in [0.5, 0.6) is 0 Å². The van der Waals surface area contributed by atoms with E-state index < -0.39 is 11.8 Å². The van der Waals surface area contributed by atoms with Gasteiger partial charge in [-0.2, -0.15) is 5.10 Å². The number of rotatable bonds is 3. The average Bonchev–Trinajstić information content (AvgIpc) is 3.20. The summed E-state index contributed by atoms with van der Waals surface area (Å²) in [6.07, 6.45) is 4.61. The van der Waals surface area contributed by atoms with Crippen molar-refractivity contribution in [2.24, 2.45) is 0 Å². The van der Waals surface area contributed by atoms with Gasteiger partial charge < -0.3 is 5.11 Å². The van der Waals surface area contributed by atoms with Gasteiger partial charge in [-0.1, -0.05) is 0 Å². The highest BCUT2D eigenvalue weighted by Gasteiger charge is 2.46. The summed E-state index contributed by atoms with van der Waals surface area (Å²) in [5, 5.41) is 20.9. The van der Waals surface area contributed by atoms with Crippen LogP contribution in [0.1, 0.15) is 18.5 Å². The maximum absolute atomic E-state index is 12.2. The van der Waals surface area contributed by atoms with Gasteiger partial charge >= 0.3 is 6.03 Å². The second-order valence-corrected chi connectivity index (χ2v) is 6.34. The summed E-state index contributed by atoms with van der Waals surface area (Å²) < 4.78 is 0. The van der Waals surface area contributed by atoms with E-state index in [0.29, 0.717) is 18.7 Å². The molecule has 2 amide bonds. The van der Waals surface area contributed by atoms with Gasteiger partial charge in [-0.25, -0.2) is 9.78 Å². The zero-order chi connectivity index (χ0) is 17.6. The van der Waals surface area contributed by atoms with E-state index in [1.54, 1.807) is 25.5 Å². The zero-order valence-corrected chi connectivity index (χ0v) is 13.9. The average molecular weight is 338 g/mol. The summed E-state index contributed by atoms with van der Waals surface area (Å²) >= 11 is 0. The van der Waals surface area contributed by atoms with Crippen LogP contribution in [0.4, 0.5) is 10.6 Å². The standard InChI is InChI=1S/C17H18N6O2/c1-10-7-11(3-6-18-10)15-12-9-19-14(8-13(12)21-22-15)20-16(24)23(2)17(25)4-5-17/h3,6-9,25H,4-5H2,1-2H3,(H,21,22)(H,19,20,24). The number of H-pyrrole nitrogens is 1. The number of anilines is 1. The van der Waals surface area contributed by atoms with Crippen molar-refractivity contribution >= 4 is 22.8 Å². The number of carbonyl (C=O) groups excluding carboxylic acids is 1. The Hall–Kier alpha value is -3.00. The molecule has 0 atom stereocenters. The molecule has 8 nitrogen and oxygen atoms in total. The van der Waals surface area contributed by atoms with Crippen molar-refractivity contribution in [3.05, 3.63) is 36.3 Å². The van der Waals surface area contributed by atoms with Crippen molar-refractivity contribution in [2.45, 2.75) is 25.5 Å². The van der Waals surface area contributed by atoms with Crippen molar-refractivity contribution in [3.63, 3.8) is 0 Å². The van der Waals surface area contributed by atoms with Crippen LogP contribution < -0.4 is 5.32 Å². The third-order valence-corrected chi connectivity index (χ3v) is 4.48. The monoisotopic (exact) mass is 338 g/mol. The highest BCUT2D eigenvalue weighted by Crippen LogP contribution is 2.37. The SMILES string of the molecule is Cc1cc(-c2n[nH]c3cc(NC(=O)N(C)C4(O)CC4)ncc23)ccn1. The molecule has 0 aromatic carbocycles. The van der Waals surface area contributed by atoms with E-state index in [4.69, 9.17) is 0 Å². The molecule has 1 aliphatic rings. The van der Waals surface area contributed by atoms with Crippen molar-refractivity contribution in [1.82, 2.24) is 25.1 Å². The molecular formula is C17H18N6O2. The number of carbonyl (C=O) groups is 1. The van der Waals surface area contributed by atoms with Gasteiger partial charge in [-0.05, 0) is 31.9 Å². The van der Waals surface area contributed by atoms with E-state index in [-0.39, 0.29) is 0 Å². The molecule has 0 bridgehead atoms. The Morgan fingerprint density at radius 1 is 1.36 bits per heavy atom. The fourth-order valence-electron chi connectivity index (χ4n) is 2.72. The van der Waals surface area contributed by atoms with Gasteiger partial charge in [0.25, 0.3) is 0 Å². The van der Waals surface area contributed by atoms with Crippen molar-refractivity contribution in [2.75, 3.05) is 12.4 Å². The van der Waals surface area contributed by atoms with Gasteiger partial charge in [0.2, 0.25) is 0 Å². The number of nitrogens with zero attached hydrogens (tertiary/aromatic N) is 4. The molecule has 4 rings (SSSR count). The molecule has 3 aromatic heterocycles. The van der Waals surface area contributed by atoms with E-state index in [0.717, 1.165) is 27.9 Å². The highest BCUT2D eigenvalue weighted by atomic mass is 16.3. The highest BCUT2D eigenvalue weighted by molar-refractivity contribution is 5.95. The van der Waals surface area contributed by atoms with E-state index in [1.807, 2.05) is 19.1 Å². The Bertz CT molecular complexity index is 963. The number of urea groups is 1. The van der Waals surface area contributed by atoms with Crippen LogP contribution in [0.15, 0.2) is 30.6 Å². The third-order valence-electron chi connectivity index (χ3n) is 4.48. The fourth-order valence-corrected chi connectivity index (χ4v) is 2.72. The number of aromatic nitrogens is 4. The number of fused-ring (bicyclic) bond motifs is 1. The van der Waals surface area contributed by atoms with Gasteiger partial charge in [-0.3, -0.25) is 20.3 Å². The molecule has 0 radical (unpaired) electrons. The predicted octanol–water partition coefficient (Wildman–Crippen LogP) is 2.27. The van der Waals surface area contributed by atoms with Crippen LogP contribution in [0.25, 0.3) is 22.2 Å². The molecule has 0 unspecified atom stereocenters. The molecule has 3 N–H and O–H groups in total. The Kier molecular flexibility index (Phi) is 3.43. The molecular weight excluding hydrogens is 320 g/mol. The van der Waals surface area contributed by atoms with E-state index in [9.17, 15) is 9.90 Å². The summed E-state index contributed by atoms with van der Waals surface area (Å²) in [6.45, 7) is 1.93. The molecule has 1 fully saturated rings. The van der Waals surface area contributed by atoms with Crippen molar-refractivity contribution in [3.8, 4) is 11.3 Å². The van der Waals surface area contributed by atoms with Gasteiger partial charge in [0, 0.05) is 42.2 Å².